The molecule has 0 aliphatic carbocycles. The fourth-order valence-corrected chi connectivity index (χ4v) is 4.80. The highest BCUT2D eigenvalue weighted by Gasteiger charge is 2.21. The number of benzene rings is 2. The number of para-hydroxylation sites is 1. The topological polar surface area (TPSA) is 16.8 Å². The van der Waals surface area contributed by atoms with E-state index in [4.69, 9.17) is 9.10 Å². The third-order valence-corrected chi connectivity index (χ3v) is 6.03. The second-order valence-electron chi connectivity index (χ2n) is 6.66. The van der Waals surface area contributed by atoms with Gasteiger partial charge in [-0.25, -0.2) is 4.98 Å². The summed E-state index contributed by atoms with van der Waals surface area (Å²) in [4.78, 5) is 5.89. The van der Waals surface area contributed by atoms with Gasteiger partial charge < -0.3 is 0 Å². The molecule has 26 heavy (non-hydrogen) atoms. The second kappa shape index (κ2) is 5.61. The summed E-state index contributed by atoms with van der Waals surface area (Å²) in [6.45, 7) is -0.124. The van der Waals surface area contributed by atoms with Crippen LogP contribution in [0.4, 0.5) is 0 Å². The molecule has 0 N–H and O–H groups in total. The highest BCUT2D eigenvalue weighted by molar-refractivity contribution is 7.25. The van der Waals surface area contributed by atoms with Gasteiger partial charge in [-0.1, -0.05) is 35.9 Å². The first-order valence-corrected chi connectivity index (χ1v) is 9.37. The van der Waals surface area contributed by atoms with Crippen LogP contribution in [-0.2, 0) is 7.05 Å². The highest BCUT2D eigenvalue weighted by Crippen LogP contribution is 2.34. The van der Waals surface area contributed by atoms with Crippen molar-refractivity contribution in [2.24, 2.45) is 7.05 Å². The molecule has 0 spiro atoms. The maximum absolute atomic E-state index is 7.65. The average Bonchev–Trinajstić information content (AvgIpc) is 3.04. The van der Waals surface area contributed by atoms with Crippen LogP contribution < -0.4 is 4.57 Å². The molecule has 3 heteroatoms. The quantitative estimate of drug-likeness (QED) is 0.351. The van der Waals surface area contributed by atoms with Gasteiger partial charge in [0.25, 0.3) is 0 Å². The van der Waals surface area contributed by atoms with Crippen LogP contribution in [0.1, 0.15) is 15.2 Å². The van der Waals surface area contributed by atoms with Gasteiger partial charge in [-0.05, 0) is 43.6 Å². The first-order chi connectivity index (χ1) is 13.8. The third kappa shape index (κ3) is 2.24. The standard InChI is InChI=1S/C23H19N2S/c1-14-8-9-17(15(2)12-14)20-10-11-21-22(25(20)3)18-13-16-6-4-5-7-19(16)24-23(18)26-21/h4-13H,1-3H3/q+1/i1D3. The van der Waals surface area contributed by atoms with Gasteiger partial charge in [0.2, 0.25) is 11.2 Å². The number of aryl methyl sites for hydroxylation is 3. The Bertz CT molecular complexity index is 1420. The number of nitrogens with zero attached hydrogens (tertiary/aromatic N) is 2. The number of fused-ring (bicyclic) bond motifs is 4. The Hall–Kier alpha value is -2.78. The minimum atomic E-state index is -2.09. The minimum Gasteiger partial charge on any atom is -0.237 e. The number of aromatic nitrogens is 2. The van der Waals surface area contributed by atoms with Gasteiger partial charge in [0, 0.05) is 21.1 Å². The van der Waals surface area contributed by atoms with Crippen LogP contribution in [0, 0.1) is 13.8 Å². The van der Waals surface area contributed by atoms with Crippen molar-refractivity contribution in [1.82, 2.24) is 4.98 Å². The van der Waals surface area contributed by atoms with E-state index in [0.717, 1.165) is 43.5 Å². The van der Waals surface area contributed by atoms with Crippen LogP contribution in [0.2, 0.25) is 0 Å². The molecule has 0 amide bonds. The zero-order valence-corrected chi connectivity index (χ0v) is 15.4. The van der Waals surface area contributed by atoms with Crippen LogP contribution in [0.15, 0.2) is 60.7 Å². The first-order valence-electron chi connectivity index (χ1n) is 10.1. The molecule has 5 rings (SSSR count). The summed E-state index contributed by atoms with van der Waals surface area (Å²) < 4.78 is 26.3. The molecule has 0 fully saturated rings. The Kier molecular flexibility index (Phi) is 2.71. The van der Waals surface area contributed by atoms with Crippen LogP contribution in [0.25, 0.3) is 42.6 Å². The van der Waals surface area contributed by atoms with Gasteiger partial charge in [-0.3, -0.25) is 0 Å². The fraction of sp³-hybridized carbons (Fsp3) is 0.130. The molecule has 0 aliphatic heterocycles. The molecule has 2 nitrogen and oxygen atoms in total. The monoisotopic (exact) mass is 358 g/mol. The summed E-state index contributed by atoms with van der Waals surface area (Å²) in [5.74, 6) is 0. The lowest BCUT2D eigenvalue weighted by Gasteiger charge is -2.06. The van der Waals surface area contributed by atoms with Crippen molar-refractivity contribution in [3.8, 4) is 11.3 Å². The lowest BCUT2D eigenvalue weighted by Crippen LogP contribution is -2.31. The lowest BCUT2D eigenvalue weighted by molar-refractivity contribution is -0.632. The van der Waals surface area contributed by atoms with Crippen molar-refractivity contribution in [3.63, 3.8) is 0 Å². The Morgan fingerprint density at radius 3 is 2.77 bits per heavy atom. The van der Waals surface area contributed by atoms with Crippen molar-refractivity contribution in [2.75, 3.05) is 0 Å². The van der Waals surface area contributed by atoms with E-state index in [1.165, 1.54) is 4.70 Å². The normalized spacial score (nSPS) is 13.8. The van der Waals surface area contributed by atoms with Crippen molar-refractivity contribution in [3.05, 3.63) is 71.8 Å². The van der Waals surface area contributed by atoms with Crippen molar-refractivity contribution >= 4 is 42.7 Å². The van der Waals surface area contributed by atoms with Crippen LogP contribution in [0.5, 0.6) is 0 Å². The molecule has 0 saturated heterocycles. The van der Waals surface area contributed by atoms with Gasteiger partial charge in [0.05, 0.1) is 10.9 Å². The smallest absolute Gasteiger partial charge is 0.233 e. The van der Waals surface area contributed by atoms with E-state index in [2.05, 4.69) is 35.9 Å². The molecule has 3 heterocycles. The van der Waals surface area contributed by atoms with Gasteiger partial charge in [-0.15, -0.1) is 11.3 Å². The van der Waals surface area contributed by atoms with Crippen molar-refractivity contribution in [1.29, 1.82) is 0 Å². The number of pyridine rings is 2. The number of hydrogen-bond acceptors (Lipinski definition) is 2. The molecule has 0 bridgehead atoms. The van der Waals surface area contributed by atoms with E-state index in [1.54, 1.807) is 23.5 Å². The second-order valence-corrected chi connectivity index (χ2v) is 7.69. The van der Waals surface area contributed by atoms with E-state index in [1.807, 2.05) is 31.2 Å². The van der Waals surface area contributed by atoms with Gasteiger partial charge in [0.15, 0.2) is 0 Å². The average molecular weight is 359 g/mol. The zero-order chi connectivity index (χ0) is 20.3. The van der Waals surface area contributed by atoms with E-state index < -0.39 is 6.85 Å². The molecule has 0 aliphatic rings. The molecular weight excluding hydrogens is 336 g/mol. The Labute approximate surface area is 160 Å². The molecule has 0 radical (unpaired) electrons. The maximum Gasteiger partial charge on any atom is 0.233 e. The zero-order valence-electron chi connectivity index (χ0n) is 17.6. The molecule has 126 valence electrons. The highest BCUT2D eigenvalue weighted by atomic mass is 32.1. The maximum atomic E-state index is 7.65. The fourth-order valence-electron chi connectivity index (χ4n) is 3.70. The number of thiophene rings is 1. The van der Waals surface area contributed by atoms with Gasteiger partial charge in [-0.2, -0.15) is 4.57 Å². The van der Waals surface area contributed by atoms with Crippen LogP contribution in [-0.4, -0.2) is 4.98 Å². The predicted octanol–water partition coefficient (Wildman–Crippen LogP) is 5.71. The molecule has 0 unspecified atom stereocenters. The Morgan fingerprint density at radius 2 is 1.92 bits per heavy atom. The van der Waals surface area contributed by atoms with E-state index in [-0.39, 0.29) is 0 Å². The largest absolute Gasteiger partial charge is 0.237 e. The summed E-state index contributed by atoms with van der Waals surface area (Å²) in [5, 5.41) is 2.27. The number of rotatable bonds is 1. The molecular formula is C23H19N2S+. The minimum absolute atomic E-state index is 0.374. The van der Waals surface area contributed by atoms with Gasteiger partial charge >= 0.3 is 0 Å². The summed E-state index contributed by atoms with van der Waals surface area (Å²) in [7, 11) is 2.07. The van der Waals surface area contributed by atoms with Crippen LogP contribution in [0.3, 0.4) is 0 Å². The van der Waals surface area contributed by atoms with Crippen molar-refractivity contribution < 1.29 is 8.68 Å². The molecule has 0 atom stereocenters. The predicted molar refractivity (Wildman–Crippen MR) is 111 cm³/mol. The van der Waals surface area contributed by atoms with E-state index >= 15 is 0 Å². The summed E-state index contributed by atoms with van der Waals surface area (Å²) in [5.41, 5.74) is 5.58. The van der Waals surface area contributed by atoms with Crippen molar-refractivity contribution in [2.45, 2.75) is 13.8 Å². The first kappa shape index (κ1) is 12.6. The Morgan fingerprint density at radius 1 is 1.04 bits per heavy atom. The molecule has 5 aromatic rings. The third-order valence-electron chi connectivity index (χ3n) is 4.98. The van der Waals surface area contributed by atoms with E-state index in [0.29, 0.717) is 5.56 Å². The lowest BCUT2D eigenvalue weighted by atomic mass is 10.0. The Balaban J connectivity index is 1.76. The summed E-state index contributed by atoms with van der Waals surface area (Å²) >= 11 is 1.70. The SMILES string of the molecule is [2H]C([2H])([2H])c1ccc(-c2ccc3sc4nc5ccccc5cc4c3[n+]2C)c(C)c1. The molecule has 0 saturated carbocycles. The summed E-state index contributed by atoms with van der Waals surface area (Å²) in [6, 6.07) is 20.0. The molecule has 2 aromatic carbocycles. The number of hydrogen-bond donors (Lipinski definition) is 0. The molecule has 3 aromatic heterocycles. The van der Waals surface area contributed by atoms with Crippen LogP contribution >= 0.6 is 11.3 Å². The van der Waals surface area contributed by atoms with E-state index in [9.17, 15) is 0 Å². The summed E-state index contributed by atoms with van der Waals surface area (Å²) in [6.07, 6.45) is 0. The van der Waals surface area contributed by atoms with Gasteiger partial charge in [0.1, 0.15) is 16.6 Å².